The highest BCUT2D eigenvalue weighted by atomic mass is 32.2. The first kappa shape index (κ1) is 17.2. The number of carbonyl (C=O) groups is 1. The lowest BCUT2D eigenvalue weighted by molar-refractivity contribution is 0.1000. The fraction of sp³-hybridized carbons (Fsp3) is 0.167. The Labute approximate surface area is 146 Å². The van der Waals surface area contributed by atoms with Crippen LogP contribution in [-0.2, 0) is 16.6 Å². The number of aryl methyl sites for hydroxylation is 1. The van der Waals surface area contributed by atoms with Crippen LogP contribution in [0.3, 0.4) is 0 Å². The van der Waals surface area contributed by atoms with Gasteiger partial charge in [0.2, 0.25) is 15.9 Å². The van der Waals surface area contributed by atoms with Crippen LogP contribution < -0.4 is 10.5 Å². The van der Waals surface area contributed by atoms with E-state index in [4.69, 9.17) is 5.73 Å². The van der Waals surface area contributed by atoms with Crippen molar-refractivity contribution in [3.63, 3.8) is 0 Å². The number of hydrogen-bond donors (Lipinski definition) is 2. The maximum Gasteiger partial charge on any atom is 0.248 e. The number of para-hydroxylation sites is 1. The molecule has 0 bridgehead atoms. The number of primary amides is 1. The third-order valence-corrected chi connectivity index (χ3v) is 5.47. The molecule has 0 saturated carbocycles. The van der Waals surface area contributed by atoms with Gasteiger partial charge >= 0.3 is 0 Å². The van der Waals surface area contributed by atoms with Crippen LogP contribution in [0.5, 0.6) is 0 Å². The molecular weight excluding hydrogens is 338 g/mol. The summed E-state index contributed by atoms with van der Waals surface area (Å²) in [5.41, 5.74) is 6.56. The van der Waals surface area contributed by atoms with E-state index in [-0.39, 0.29) is 10.5 Å². The van der Waals surface area contributed by atoms with Crippen molar-refractivity contribution < 1.29 is 13.2 Å². The Morgan fingerprint density at radius 2 is 1.76 bits per heavy atom. The number of benzene rings is 2. The molecule has 3 aromatic rings. The molecule has 0 fully saturated rings. The summed E-state index contributed by atoms with van der Waals surface area (Å²) < 4.78 is 29.2. The summed E-state index contributed by atoms with van der Waals surface area (Å²) in [7, 11) is -3.60. The SMILES string of the molecule is NC(=O)c1ccc(S(=O)(=O)NCCCn2ccc3ccccc32)cc1. The Morgan fingerprint density at radius 1 is 1.04 bits per heavy atom. The second kappa shape index (κ2) is 7.08. The molecule has 25 heavy (non-hydrogen) atoms. The molecule has 3 rings (SSSR count). The third kappa shape index (κ3) is 3.89. The van der Waals surface area contributed by atoms with Crippen molar-refractivity contribution in [2.24, 2.45) is 5.73 Å². The number of aromatic nitrogens is 1. The first-order valence-electron chi connectivity index (χ1n) is 7.91. The molecule has 0 atom stereocenters. The number of nitrogens with zero attached hydrogens (tertiary/aromatic N) is 1. The van der Waals surface area contributed by atoms with E-state index in [1.165, 1.54) is 24.3 Å². The first-order valence-corrected chi connectivity index (χ1v) is 9.39. The Hall–Kier alpha value is -2.64. The van der Waals surface area contributed by atoms with Crippen molar-refractivity contribution in [3.05, 3.63) is 66.4 Å². The smallest absolute Gasteiger partial charge is 0.248 e. The summed E-state index contributed by atoms with van der Waals surface area (Å²) in [4.78, 5) is 11.1. The van der Waals surface area contributed by atoms with Gasteiger partial charge in [0.05, 0.1) is 4.90 Å². The van der Waals surface area contributed by atoms with Gasteiger partial charge in [-0.1, -0.05) is 18.2 Å². The maximum absolute atomic E-state index is 12.3. The fourth-order valence-electron chi connectivity index (χ4n) is 2.67. The molecule has 130 valence electrons. The number of fused-ring (bicyclic) bond motifs is 1. The highest BCUT2D eigenvalue weighted by Gasteiger charge is 2.13. The van der Waals surface area contributed by atoms with Crippen molar-refractivity contribution in [2.45, 2.75) is 17.9 Å². The summed E-state index contributed by atoms with van der Waals surface area (Å²) in [6.45, 7) is 1.04. The Bertz CT molecular complexity index is 992. The monoisotopic (exact) mass is 357 g/mol. The number of nitrogens with two attached hydrogens (primary N) is 1. The van der Waals surface area contributed by atoms with E-state index in [0.717, 1.165) is 17.4 Å². The minimum atomic E-state index is -3.60. The van der Waals surface area contributed by atoms with Crippen molar-refractivity contribution in [1.82, 2.24) is 9.29 Å². The van der Waals surface area contributed by atoms with E-state index in [1.54, 1.807) is 0 Å². The molecule has 0 aliphatic heterocycles. The van der Waals surface area contributed by atoms with Crippen LogP contribution in [0.2, 0.25) is 0 Å². The van der Waals surface area contributed by atoms with Gasteiger partial charge < -0.3 is 10.3 Å². The van der Waals surface area contributed by atoms with Gasteiger partial charge in [0, 0.05) is 30.4 Å². The first-order chi connectivity index (χ1) is 12.0. The molecule has 6 nitrogen and oxygen atoms in total. The molecule has 1 amide bonds. The highest BCUT2D eigenvalue weighted by Crippen LogP contribution is 2.15. The molecule has 1 aromatic heterocycles. The maximum atomic E-state index is 12.3. The van der Waals surface area contributed by atoms with Gasteiger partial charge in [0.15, 0.2) is 0 Å². The topological polar surface area (TPSA) is 94.2 Å². The second-order valence-electron chi connectivity index (χ2n) is 5.71. The largest absolute Gasteiger partial charge is 0.366 e. The Kier molecular flexibility index (Phi) is 4.87. The standard InChI is InChI=1S/C18H19N3O3S/c19-18(22)15-6-8-16(9-7-15)25(23,24)20-11-3-12-21-13-10-14-4-1-2-5-17(14)21/h1-2,4-10,13,20H,3,11-12H2,(H2,19,22). The molecule has 0 aliphatic rings. The van der Waals surface area contributed by atoms with Crippen LogP contribution in [0.1, 0.15) is 16.8 Å². The molecule has 1 heterocycles. The summed E-state index contributed by atoms with van der Waals surface area (Å²) in [5, 5.41) is 1.16. The van der Waals surface area contributed by atoms with Gasteiger partial charge in [-0.25, -0.2) is 13.1 Å². The number of amides is 1. The molecule has 0 unspecified atom stereocenters. The fourth-order valence-corrected chi connectivity index (χ4v) is 3.75. The number of carbonyl (C=O) groups excluding carboxylic acids is 1. The normalized spacial score (nSPS) is 11.7. The zero-order valence-corrected chi connectivity index (χ0v) is 14.4. The van der Waals surface area contributed by atoms with Crippen molar-refractivity contribution in [3.8, 4) is 0 Å². The average molecular weight is 357 g/mol. The predicted octanol–water partition coefficient (Wildman–Crippen LogP) is 2.11. The van der Waals surface area contributed by atoms with Gasteiger partial charge in [0.1, 0.15) is 0 Å². The lowest BCUT2D eigenvalue weighted by atomic mass is 10.2. The van der Waals surface area contributed by atoms with Crippen LogP contribution in [0.25, 0.3) is 10.9 Å². The summed E-state index contributed by atoms with van der Waals surface area (Å²) in [6, 6.07) is 15.7. The molecule has 2 aromatic carbocycles. The number of sulfonamides is 1. The van der Waals surface area contributed by atoms with E-state index < -0.39 is 15.9 Å². The Morgan fingerprint density at radius 3 is 2.48 bits per heavy atom. The van der Waals surface area contributed by atoms with Crippen LogP contribution in [0, 0.1) is 0 Å². The van der Waals surface area contributed by atoms with Crippen LogP contribution >= 0.6 is 0 Å². The average Bonchev–Trinajstić information content (AvgIpc) is 3.02. The molecule has 0 spiro atoms. The zero-order chi connectivity index (χ0) is 17.9. The Balaban J connectivity index is 1.58. The molecule has 3 N–H and O–H groups in total. The van der Waals surface area contributed by atoms with Gasteiger partial charge in [-0.3, -0.25) is 4.79 Å². The van der Waals surface area contributed by atoms with E-state index in [0.29, 0.717) is 13.0 Å². The van der Waals surface area contributed by atoms with E-state index in [9.17, 15) is 13.2 Å². The molecule has 0 radical (unpaired) electrons. The quantitative estimate of drug-likeness (QED) is 0.634. The zero-order valence-electron chi connectivity index (χ0n) is 13.6. The van der Waals surface area contributed by atoms with E-state index in [1.807, 2.05) is 36.5 Å². The molecule has 7 heteroatoms. The lowest BCUT2D eigenvalue weighted by Crippen LogP contribution is -2.25. The minimum Gasteiger partial charge on any atom is -0.366 e. The molecule has 0 saturated heterocycles. The van der Waals surface area contributed by atoms with Crippen LogP contribution in [0.4, 0.5) is 0 Å². The van der Waals surface area contributed by atoms with E-state index in [2.05, 4.69) is 9.29 Å². The highest BCUT2D eigenvalue weighted by molar-refractivity contribution is 7.89. The van der Waals surface area contributed by atoms with E-state index >= 15 is 0 Å². The number of hydrogen-bond acceptors (Lipinski definition) is 3. The lowest BCUT2D eigenvalue weighted by Gasteiger charge is -2.08. The predicted molar refractivity (Wildman–Crippen MR) is 96.7 cm³/mol. The van der Waals surface area contributed by atoms with Gasteiger partial charge in [-0.2, -0.15) is 0 Å². The van der Waals surface area contributed by atoms with Crippen molar-refractivity contribution >= 4 is 26.8 Å². The van der Waals surface area contributed by atoms with Gasteiger partial charge in [-0.15, -0.1) is 0 Å². The van der Waals surface area contributed by atoms with Crippen LogP contribution in [0.15, 0.2) is 65.7 Å². The second-order valence-corrected chi connectivity index (χ2v) is 7.47. The number of rotatable bonds is 7. The van der Waals surface area contributed by atoms with Gasteiger partial charge in [-0.05, 0) is 48.2 Å². The number of nitrogens with one attached hydrogen (secondary N) is 1. The van der Waals surface area contributed by atoms with Crippen LogP contribution in [-0.4, -0.2) is 25.4 Å². The summed E-state index contributed by atoms with van der Waals surface area (Å²) in [5.74, 6) is -0.587. The van der Waals surface area contributed by atoms with Crippen molar-refractivity contribution in [1.29, 1.82) is 0 Å². The van der Waals surface area contributed by atoms with Gasteiger partial charge in [0.25, 0.3) is 0 Å². The summed E-state index contributed by atoms with van der Waals surface area (Å²) in [6.07, 6.45) is 2.67. The molecular formula is C18H19N3O3S. The molecule has 0 aliphatic carbocycles. The third-order valence-electron chi connectivity index (χ3n) is 4.00. The minimum absolute atomic E-state index is 0.115. The summed E-state index contributed by atoms with van der Waals surface area (Å²) >= 11 is 0. The van der Waals surface area contributed by atoms with Crippen molar-refractivity contribution in [2.75, 3.05) is 6.54 Å².